The molecule has 29 heavy (non-hydrogen) atoms. The highest BCUT2D eigenvalue weighted by molar-refractivity contribution is 5.92. The number of para-hydroxylation sites is 1. The number of aryl methyl sites for hydroxylation is 1. The monoisotopic (exact) mass is 387 g/mol. The molecular formula is C23H25N5O. The van der Waals surface area contributed by atoms with Gasteiger partial charge in [-0.1, -0.05) is 30.3 Å². The molecule has 0 atom stereocenters. The number of amides is 1. The first-order valence-corrected chi connectivity index (χ1v) is 9.86. The lowest BCUT2D eigenvalue weighted by molar-refractivity contribution is 0.0740. The van der Waals surface area contributed by atoms with E-state index in [0.717, 1.165) is 18.8 Å². The Hall–Kier alpha value is -3.41. The van der Waals surface area contributed by atoms with Gasteiger partial charge in [-0.2, -0.15) is 0 Å². The van der Waals surface area contributed by atoms with Crippen LogP contribution in [-0.2, 0) is 0 Å². The van der Waals surface area contributed by atoms with Crippen LogP contribution < -0.4 is 10.2 Å². The second-order valence-corrected chi connectivity index (χ2v) is 7.27. The second kappa shape index (κ2) is 8.31. The summed E-state index contributed by atoms with van der Waals surface area (Å²) >= 11 is 0. The van der Waals surface area contributed by atoms with Gasteiger partial charge in [-0.25, -0.2) is 9.97 Å². The smallest absolute Gasteiger partial charge is 0.274 e. The van der Waals surface area contributed by atoms with Crippen LogP contribution in [0.15, 0.2) is 60.9 Å². The highest BCUT2D eigenvalue weighted by Crippen LogP contribution is 2.21. The third-order valence-electron chi connectivity index (χ3n) is 5.43. The van der Waals surface area contributed by atoms with Crippen LogP contribution in [0.25, 0.3) is 0 Å². The Balaban J connectivity index is 1.38. The van der Waals surface area contributed by atoms with Crippen molar-refractivity contribution in [1.82, 2.24) is 14.9 Å². The fourth-order valence-corrected chi connectivity index (χ4v) is 3.50. The van der Waals surface area contributed by atoms with Crippen LogP contribution in [0.4, 0.5) is 17.2 Å². The first kappa shape index (κ1) is 18.9. The summed E-state index contributed by atoms with van der Waals surface area (Å²) in [5.41, 5.74) is 4.96. The quantitative estimate of drug-likeness (QED) is 0.738. The van der Waals surface area contributed by atoms with E-state index in [1.807, 2.05) is 35.2 Å². The summed E-state index contributed by atoms with van der Waals surface area (Å²) in [5, 5.41) is 3.28. The van der Waals surface area contributed by atoms with Crippen LogP contribution in [0.1, 0.15) is 21.6 Å². The molecule has 4 rings (SSSR count). The number of hydrogen-bond donors (Lipinski definition) is 1. The van der Waals surface area contributed by atoms with Gasteiger partial charge >= 0.3 is 0 Å². The van der Waals surface area contributed by atoms with Crippen molar-refractivity contribution in [3.05, 3.63) is 77.7 Å². The van der Waals surface area contributed by atoms with Gasteiger partial charge in [0.1, 0.15) is 11.5 Å². The lowest BCUT2D eigenvalue weighted by Gasteiger charge is -2.35. The molecule has 1 fully saturated rings. The molecule has 0 aliphatic carbocycles. The summed E-state index contributed by atoms with van der Waals surface area (Å²) < 4.78 is 0. The zero-order valence-corrected chi connectivity index (χ0v) is 16.8. The molecule has 0 bridgehead atoms. The summed E-state index contributed by atoms with van der Waals surface area (Å²) in [4.78, 5) is 25.7. The van der Waals surface area contributed by atoms with Gasteiger partial charge < -0.3 is 15.1 Å². The lowest BCUT2D eigenvalue weighted by Crippen LogP contribution is -2.49. The van der Waals surface area contributed by atoms with Gasteiger partial charge in [0, 0.05) is 37.6 Å². The summed E-state index contributed by atoms with van der Waals surface area (Å²) in [6.45, 7) is 7.13. The minimum Gasteiger partial charge on any atom is -0.368 e. The van der Waals surface area contributed by atoms with E-state index in [4.69, 9.17) is 0 Å². The first-order chi connectivity index (χ1) is 14.1. The molecule has 1 aromatic heterocycles. The van der Waals surface area contributed by atoms with Gasteiger partial charge in [0.05, 0.1) is 12.4 Å². The zero-order valence-electron chi connectivity index (χ0n) is 16.8. The summed E-state index contributed by atoms with van der Waals surface area (Å²) in [7, 11) is 0. The SMILES string of the molecule is Cc1cccc(Nc2cnc(C(=O)N3CCN(c4ccccc4)CC3)cn2)c1C. The molecule has 3 aromatic rings. The molecule has 1 aliphatic heterocycles. The predicted octanol–water partition coefficient (Wildman–Crippen LogP) is 3.80. The summed E-state index contributed by atoms with van der Waals surface area (Å²) in [5.74, 6) is 0.563. The first-order valence-electron chi connectivity index (χ1n) is 9.86. The number of anilines is 3. The number of benzene rings is 2. The molecule has 2 heterocycles. The average molecular weight is 387 g/mol. The number of aromatic nitrogens is 2. The number of nitrogens with one attached hydrogen (secondary N) is 1. The number of nitrogens with zero attached hydrogens (tertiary/aromatic N) is 4. The highest BCUT2D eigenvalue weighted by atomic mass is 16.2. The van der Waals surface area contributed by atoms with Crippen LogP contribution in [0.2, 0.25) is 0 Å². The van der Waals surface area contributed by atoms with E-state index in [-0.39, 0.29) is 5.91 Å². The third-order valence-corrected chi connectivity index (χ3v) is 5.43. The standard InChI is InChI=1S/C23H25N5O/c1-17-7-6-10-20(18(17)2)26-22-16-24-21(15-25-22)23(29)28-13-11-27(12-14-28)19-8-4-3-5-9-19/h3-10,15-16H,11-14H2,1-2H3,(H,25,26). The van der Waals surface area contributed by atoms with Crippen LogP contribution in [0, 0.1) is 13.8 Å². The van der Waals surface area contributed by atoms with Crippen LogP contribution in [0.5, 0.6) is 0 Å². The Kier molecular flexibility index (Phi) is 5.42. The number of hydrogen-bond acceptors (Lipinski definition) is 5. The minimum atomic E-state index is -0.0662. The Morgan fingerprint density at radius 3 is 2.34 bits per heavy atom. The molecule has 1 amide bonds. The molecule has 6 nitrogen and oxygen atoms in total. The summed E-state index contributed by atoms with van der Waals surface area (Å²) in [6, 6.07) is 16.4. The van der Waals surface area contributed by atoms with E-state index in [0.29, 0.717) is 24.6 Å². The maximum atomic E-state index is 12.8. The van der Waals surface area contributed by atoms with Crippen molar-refractivity contribution in [3.63, 3.8) is 0 Å². The van der Waals surface area contributed by atoms with Crippen molar-refractivity contribution in [1.29, 1.82) is 0 Å². The van der Waals surface area contributed by atoms with Crippen LogP contribution >= 0.6 is 0 Å². The molecule has 1 aliphatic rings. The van der Waals surface area contributed by atoms with E-state index in [9.17, 15) is 4.79 Å². The van der Waals surface area contributed by atoms with E-state index in [1.54, 1.807) is 12.4 Å². The maximum Gasteiger partial charge on any atom is 0.274 e. The number of carbonyl (C=O) groups excluding carboxylic acids is 1. The second-order valence-electron chi connectivity index (χ2n) is 7.27. The number of carbonyl (C=O) groups is 1. The molecule has 0 saturated carbocycles. The van der Waals surface area contributed by atoms with Crippen LogP contribution in [0.3, 0.4) is 0 Å². The van der Waals surface area contributed by atoms with Gasteiger partial charge in [0.25, 0.3) is 5.91 Å². The molecule has 1 saturated heterocycles. The minimum absolute atomic E-state index is 0.0662. The van der Waals surface area contributed by atoms with E-state index in [2.05, 4.69) is 52.2 Å². The largest absolute Gasteiger partial charge is 0.368 e. The predicted molar refractivity (Wildman–Crippen MR) is 116 cm³/mol. The van der Waals surface area contributed by atoms with Gasteiger partial charge in [-0.3, -0.25) is 4.79 Å². The van der Waals surface area contributed by atoms with Crippen molar-refractivity contribution in [2.45, 2.75) is 13.8 Å². The molecular weight excluding hydrogens is 362 g/mol. The molecule has 6 heteroatoms. The number of rotatable bonds is 4. The topological polar surface area (TPSA) is 61.4 Å². The Morgan fingerprint density at radius 1 is 0.897 bits per heavy atom. The van der Waals surface area contributed by atoms with E-state index >= 15 is 0 Å². The molecule has 0 radical (unpaired) electrons. The Morgan fingerprint density at radius 2 is 1.66 bits per heavy atom. The van der Waals surface area contributed by atoms with Crippen molar-refractivity contribution >= 4 is 23.1 Å². The normalized spacial score (nSPS) is 14.0. The Labute approximate surface area is 171 Å². The molecule has 1 N–H and O–H groups in total. The van der Waals surface area contributed by atoms with Gasteiger partial charge in [0.15, 0.2) is 0 Å². The zero-order chi connectivity index (χ0) is 20.2. The van der Waals surface area contributed by atoms with Crippen molar-refractivity contribution in [2.75, 3.05) is 36.4 Å². The third kappa shape index (κ3) is 4.21. The maximum absolute atomic E-state index is 12.8. The van der Waals surface area contributed by atoms with Gasteiger partial charge in [-0.05, 0) is 43.2 Å². The lowest BCUT2D eigenvalue weighted by atomic mass is 10.1. The van der Waals surface area contributed by atoms with Crippen molar-refractivity contribution in [2.24, 2.45) is 0 Å². The van der Waals surface area contributed by atoms with Crippen molar-refractivity contribution in [3.8, 4) is 0 Å². The fraction of sp³-hybridized carbons (Fsp3) is 0.261. The van der Waals surface area contributed by atoms with Crippen molar-refractivity contribution < 1.29 is 4.79 Å². The fourth-order valence-electron chi connectivity index (χ4n) is 3.50. The average Bonchev–Trinajstić information content (AvgIpc) is 2.78. The molecule has 0 spiro atoms. The highest BCUT2D eigenvalue weighted by Gasteiger charge is 2.23. The Bertz CT molecular complexity index is 980. The van der Waals surface area contributed by atoms with Crippen LogP contribution in [-0.4, -0.2) is 47.0 Å². The van der Waals surface area contributed by atoms with E-state index in [1.165, 1.54) is 16.8 Å². The molecule has 2 aromatic carbocycles. The summed E-state index contributed by atoms with van der Waals surface area (Å²) in [6.07, 6.45) is 3.18. The van der Waals surface area contributed by atoms with E-state index < -0.39 is 0 Å². The van der Waals surface area contributed by atoms with Gasteiger partial charge in [0.2, 0.25) is 0 Å². The number of piperazine rings is 1. The van der Waals surface area contributed by atoms with Gasteiger partial charge in [-0.15, -0.1) is 0 Å². The molecule has 0 unspecified atom stereocenters. The molecule has 148 valence electrons.